The monoisotopic (exact) mass is 439 g/mol. The standard InChI is InChI=1S/C19H18F3N3O4.C2H6/c1-2-29-17(27)11-16(26)24-25-18(28)14-5-3-4-6-15(14)23-13-9-7-12(8-10-13)19(20,21)22;1-2/h3-10,23H,2,11H2,1H3,(H,24,26)(H,25,28);1-2H3. The Balaban J connectivity index is 0.00000233. The Hall–Kier alpha value is -3.56. The Morgan fingerprint density at radius 3 is 2.13 bits per heavy atom. The fourth-order valence-corrected chi connectivity index (χ4v) is 2.27. The molecule has 3 N–H and O–H groups in total. The smallest absolute Gasteiger partial charge is 0.416 e. The summed E-state index contributed by atoms with van der Waals surface area (Å²) in [5.74, 6) is -2.18. The second-order valence-electron chi connectivity index (χ2n) is 5.73. The van der Waals surface area contributed by atoms with Crippen LogP contribution in [0.2, 0.25) is 0 Å². The van der Waals surface area contributed by atoms with Crippen molar-refractivity contribution in [3.63, 3.8) is 0 Å². The summed E-state index contributed by atoms with van der Waals surface area (Å²) in [6, 6.07) is 10.5. The second-order valence-corrected chi connectivity index (χ2v) is 5.73. The van der Waals surface area contributed by atoms with E-state index in [1.165, 1.54) is 18.2 Å². The van der Waals surface area contributed by atoms with Crippen molar-refractivity contribution < 1.29 is 32.3 Å². The molecule has 0 spiro atoms. The number of esters is 1. The maximum atomic E-state index is 12.7. The van der Waals surface area contributed by atoms with Crippen LogP contribution in [-0.2, 0) is 20.5 Å². The Bertz CT molecular complexity index is 884. The number of para-hydroxylation sites is 1. The topological polar surface area (TPSA) is 96.5 Å². The number of carbonyl (C=O) groups is 3. The Kier molecular flexibility index (Phi) is 10.0. The molecule has 2 amide bonds. The zero-order valence-corrected chi connectivity index (χ0v) is 17.3. The minimum Gasteiger partial charge on any atom is -0.466 e. The van der Waals surface area contributed by atoms with E-state index in [0.29, 0.717) is 11.4 Å². The molecule has 0 saturated carbocycles. The number of alkyl halides is 3. The molecule has 0 fully saturated rings. The summed E-state index contributed by atoms with van der Waals surface area (Å²) in [6.45, 7) is 5.72. The number of benzene rings is 2. The number of ether oxygens (including phenoxy) is 1. The van der Waals surface area contributed by atoms with Gasteiger partial charge in [0.2, 0.25) is 5.91 Å². The summed E-state index contributed by atoms with van der Waals surface area (Å²) in [5, 5.41) is 2.85. The third-order valence-electron chi connectivity index (χ3n) is 3.59. The first-order valence-electron chi connectivity index (χ1n) is 9.49. The first kappa shape index (κ1) is 25.5. The van der Waals surface area contributed by atoms with Gasteiger partial charge in [-0.05, 0) is 43.3 Å². The van der Waals surface area contributed by atoms with E-state index in [2.05, 4.69) is 20.9 Å². The molecule has 0 atom stereocenters. The van der Waals surface area contributed by atoms with Gasteiger partial charge in [-0.15, -0.1) is 0 Å². The largest absolute Gasteiger partial charge is 0.466 e. The molecule has 0 unspecified atom stereocenters. The van der Waals surface area contributed by atoms with Crippen LogP contribution in [0.4, 0.5) is 24.5 Å². The number of rotatable bonds is 6. The van der Waals surface area contributed by atoms with Crippen molar-refractivity contribution in [1.29, 1.82) is 0 Å². The average molecular weight is 439 g/mol. The lowest BCUT2D eigenvalue weighted by atomic mass is 10.1. The van der Waals surface area contributed by atoms with Gasteiger partial charge in [-0.1, -0.05) is 26.0 Å². The zero-order valence-electron chi connectivity index (χ0n) is 17.3. The van der Waals surface area contributed by atoms with E-state index in [4.69, 9.17) is 0 Å². The molecule has 168 valence electrons. The number of anilines is 2. The van der Waals surface area contributed by atoms with Gasteiger partial charge >= 0.3 is 12.1 Å². The van der Waals surface area contributed by atoms with Gasteiger partial charge < -0.3 is 10.1 Å². The van der Waals surface area contributed by atoms with E-state index in [1.807, 2.05) is 13.8 Å². The Labute approximate surface area is 177 Å². The van der Waals surface area contributed by atoms with Gasteiger partial charge in [0.1, 0.15) is 6.42 Å². The summed E-state index contributed by atoms with van der Waals surface area (Å²) < 4.78 is 42.6. The van der Waals surface area contributed by atoms with Crippen LogP contribution in [0.25, 0.3) is 0 Å². The fraction of sp³-hybridized carbons (Fsp3) is 0.286. The molecule has 0 aliphatic rings. The van der Waals surface area contributed by atoms with Crippen LogP contribution < -0.4 is 16.2 Å². The normalized spacial score (nSPS) is 10.3. The van der Waals surface area contributed by atoms with Crippen LogP contribution in [0, 0.1) is 0 Å². The number of hydrogen-bond acceptors (Lipinski definition) is 5. The van der Waals surface area contributed by atoms with Crippen molar-refractivity contribution in [2.75, 3.05) is 11.9 Å². The highest BCUT2D eigenvalue weighted by Crippen LogP contribution is 2.30. The molecule has 0 radical (unpaired) electrons. The van der Waals surface area contributed by atoms with E-state index in [0.717, 1.165) is 12.1 Å². The van der Waals surface area contributed by atoms with Crippen LogP contribution in [0.1, 0.15) is 43.1 Å². The highest BCUT2D eigenvalue weighted by molar-refractivity contribution is 6.02. The molecule has 10 heteroatoms. The summed E-state index contributed by atoms with van der Waals surface area (Å²) in [6.07, 6.45) is -5.00. The lowest BCUT2D eigenvalue weighted by molar-refractivity contribution is -0.146. The van der Waals surface area contributed by atoms with Gasteiger partial charge in [0, 0.05) is 5.69 Å². The molecule has 31 heavy (non-hydrogen) atoms. The van der Waals surface area contributed by atoms with Crippen molar-refractivity contribution in [3.8, 4) is 0 Å². The number of nitrogens with one attached hydrogen (secondary N) is 3. The molecule has 0 aliphatic heterocycles. The van der Waals surface area contributed by atoms with Crippen molar-refractivity contribution >= 4 is 29.2 Å². The van der Waals surface area contributed by atoms with Gasteiger partial charge in [-0.3, -0.25) is 25.2 Å². The summed E-state index contributed by atoms with van der Waals surface area (Å²) >= 11 is 0. The van der Waals surface area contributed by atoms with Crippen molar-refractivity contribution in [1.82, 2.24) is 10.9 Å². The quantitative estimate of drug-likeness (QED) is 0.356. The number of hydrogen-bond donors (Lipinski definition) is 3. The van der Waals surface area contributed by atoms with Crippen molar-refractivity contribution in [2.45, 2.75) is 33.4 Å². The number of carbonyl (C=O) groups excluding carboxylic acids is 3. The number of hydrazine groups is 1. The summed E-state index contributed by atoms with van der Waals surface area (Å²) in [4.78, 5) is 35.2. The van der Waals surface area contributed by atoms with Gasteiger partial charge in [-0.25, -0.2) is 0 Å². The molecule has 0 saturated heterocycles. The zero-order chi connectivity index (χ0) is 23.4. The SMILES string of the molecule is CC.CCOC(=O)CC(=O)NNC(=O)c1ccccc1Nc1ccc(C(F)(F)F)cc1. The van der Waals surface area contributed by atoms with Crippen molar-refractivity contribution in [3.05, 3.63) is 59.7 Å². The molecule has 0 heterocycles. The predicted molar refractivity (Wildman–Crippen MR) is 109 cm³/mol. The third kappa shape index (κ3) is 8.37. The molecule has 0 aromatic heterocycles. The molecule has 2 aromatic rings. The molecule has 2 aromatic carbocycles. The van der Waals surface area contributed by atoms with Crippen LogP contribution in [-0.4, -0.2) is 24.4 Å². The molecule has 2 rings (SSSR count). The van der Waals surface area contributed by atoms with Crippen molar-refractivity contribution in [2.24, 2.45) is 0 Å². The van der Waals surface area contributed by atoms with Crippen LogP contribution in [0.15, 0.2) is 48.5 Å². The molecule has 0 bridgehead atoms. The van der Waals surface area contributed by atoms with Gasteiger partial charge in [0.25, 0.3) is 5.91 Å². The minimum atomic E-state index is -4.45. The van der Waals surface area contributed by atoms with Crippen LogP contribution in [0.3, 0.4) is 0 Å². The summed E-state index contributed by atoms with van der Waals surface area (Å²) in [7, 11) is 0. The predicted octanol–water partition coefficient (Wildman–Crippen LogP) is 4.19. The highest BCUT2D eigenvalue weighted by Gasteiger charge is 2.30. The first-order chi connectivity index (χ1) is 14.7. The van der Waals surface area contributed by atoms with E-state index < -0.39 is 35.9 Å². The van der Waals surface area contributed by atoms with E-state index in [9.17, 15) is 27.6 Å². The minimum absolute atomic E-state index is 0.126. The van der Waals surface area contributed by atoms with E-state index in [-0.39, 0.29) is 12.2 Å². The Morgan fingerprint density at radius 1 is 0.935 bits per heavy atom. The number of amides is 2. The van der Waals surface area contributed by atoms with Gasteiger partial charge in [0.15, 0.2) is 0 Å². The molecular weight excluding hydrogens is 415 g/mol. The maximum absolute atomic E-state index is 12.7. The van der Waals surface area contributed by atoms with E-state index >= 15 is 0 Å². The first-order valence-corrected chi connectivity index (χ1v) is 9.49. The second kappa shape index (κ2) is 12.2. The maximum Gasteiger partial charge on any atom is 0.416 e. The van der Waals surface area contributed by atoms with Crippen LogP contribution in [0.5, 0.6) is 0 Å². The molecule has 7 nitrogen and oxygen atoms in total. The van der Waals surface area contributed by atoms with E-state index in [1.54, 1.807) is 25.1 Å². The average Bonchev–Trinajstić information content (AvgIpc) is 2.74. The molecular formula is C21H24F3N3O4. The lowest BCUT2D eigenvalue weighted by Gasteiger charge is -2.13. The highest BCUT2D eigenvalue weighted by atomic mass is 19.4. The Morgan fingerprint density at radius 2 is 1.55 bits per heavy atom. The van der Waals surface area contributed by atoms with Gasteiger partial charge in [0.05, 0.1) is 23.4 Å². The number of halogens is 3. The van der Waals surface area contributed by atoms with Gasteiger partial charge in [-0.2, -0.15) is 13.2 Å². The fourth-order valence-electron chi connectivity index (χ4n) is 2.27. The third-order valence-corrected chi connectivity index (χ3v) is 3.59. The molecule has 0 aliphatic carbocycles. The summed E-state index contributed by atoms with van der Waals surface area (Å²) in [5.41, 5.74) is 4.24. The van der Waals surface area contributed by atoms with Crippen LogP contribution >= 0.6 is 0 Å². The lowest BCUT2D eigenvalue weighted by Crippen LogP contribution is -2.42.